The first-order valence-corrected chi connectivity index (χ1v) is 11.9. The number of amides is 3. The third kappa shape index (κ3) is 6.37. The van der Waals surface area contributed by atoms with E-state index in [1.807, 2.05) is 6.07 Å². The Morgan fingerprint density at radius 3 is 2.76 bits per heavy atom. The molecule has 2 aromatic heterocycles. The molecule has 1 aliphatic rings. The molecule has 0 saturated heterocycles. The van der Waals surface area contributed by atoms with E-state index in [0.29, 0.717) is 47.1 Å². The molecule has 0 atom stereocenters. The van der Waals surface area contributed by atoms with E-state index in [0.717, 1.165) is 5.56 Å². The van der Waals surface area contributed by atoms with E-state index in [-0.39, 0.29) is 44.0 Å². The smallest absolute Gasteiger partial charge is 0.257 e. The first-order chi connectivity index (χ1) is 18.0. The summed E-state index contributed by atoms with van der Waals surface area (Å²) in [5.74, 6) is 0.393. The van der Waals surface area contributed by atoms with Gasteiger partial charge in [-0.15, -0.1) is 0 Å². The largest absolute Gasteiger partial charge is 0.497 e. The van der Waals surface area contributed by atoms with Crippen LogP contribution in [0.1, 0.15) is 32.8 Å². The normalized spacial score (nSPS) is 14.9. The molecule has 0 saturated carbocycles. The first-order valence-electron chi connectivity index (χ1n) is 11.9. The number of hydrogen-bond donors (Lipinski definition) is 2. The Bertz CT molecular complexity index is 1280. The van der Waals surface area contributed by atoms with Gasteiger partial charge in [0.15, 0.2) is 5.82 Å². The van der Waals surface area contributed by atoms with E-state index >= 15 is 0 Å². The van der Waals surface area contributed by atoms with Crippen molar-refractivity contribution >= 4 is 17.7 Å². The minimum atomic E-state index is -0.363. The lowest BCUT2D eigenvalue weighted by molar-refractivity contribution is -0.121. The summed E-state index contributed by atoms with van der Waals surface area (Å²) in [6.07, 6.45) is 5.21. The lowest BCUT2D eigenvalue weighted by atomic mass is 10.1. The average molecular weight is 505 g/mol. The summed E-state index contributed by atoms with van der Waals surface area (Å²) in [4.78, 5) is 53.1. The summed E-state index contributed by atoms with van der Waals surface area (Å²) >= 11 is 0. The Labute approximate surface area is 214 Å². The molecule has 3 amide bonds. The molecule has 0 bridgehead atoms. The van der Waals surface area contributed by atoms with Gasteiger partial charge in [-0.2, -0.15) is 0 Å². The van der Waals surface area contributed by atoms with Gasteiger partial charge in [0.1, 0.15) is 18.1 Å². The van der Waals surface area contributed by atoms with Crippen LogP contribution in [0, 0.1) is 6.92 Å². The van der Waals surface area contributed by atoms with Gasteiger partial charge in [-0.1, -0.05) is 0 Å². The van der Waals surface area contributed by atoms with E-state index < -0.39 is 0 Å². The van der Waals surface area contributed by atoms with Crippen LogP contribution in [-0.4, -0.2) is 77.5 Å². The van der Waals surface area contributed by atoms with Gasteiger partial charge in [-0.25, -0.2) is 9.97 Å². The lowest BCUT2D eigenvalue weighted by Gasteiger charge is -2.23. The fourth-order valence-electron chi connectivity index (χ4n) is 3.82. The molecule has 4 rings (SSSR count). The fourth-order valence-corrected chi connectivity index (χ4v) is 3.82. The van der Waals surface area contributed by atoms with Gasteiger partial charge >= 0.3 is 0 Å². The Balaban J connectivity index is 1.49. The number of pyridine rings is 1. The molecule has 1 aromatic carbocycles. The summed E-state index contributed by atoms with van der Waals surface area (Å²) < 4.78 is 11.0. The second kappa shape index (κ2) is 11.9. The highest BCUT2D eigenvalue weighted by molar-refractivity contribution is 5.98. The molecule has 2 N–H and O–H groups in total. The molecule has 0 radical (unpaired) electrons. The van der Waals surface area contributed by atoms with Crippen LogP contribution in [0.25, 0.3) is 11.4 Å². The molecule has 0 fully saturated rings. The molecule has 0 unspecified atom stereocenters. The van der Waals surface area contributed by atoms with Gasteiger partial charge in [0.2, 0.25) is 5.91 Å². The number of hydrogen-bond acceptors (Lipinski definition) is 8. The number of nitrogens with one attached hydrogen (secondary N) is 2. The Kier molecular flexibility index (Phi) is 8.24. The van der Waals surface area contributed by atoms with Gasteiger partial charge < -0.3 is 25.0 Å². The summed E-state index contributed by atoms with van der Waals surface area (Å²) in [5, 5.41) is 5.61. The standard InChI is InChI=1S/C26H28N6O5/c1-17-21(15-30-24(31-17)18-5-3-8-27-14-18)26(35)32-11-4-9-29-25(34)20-7-6-19(36-2)13-22(20)37-12-10-28-23(33)16-32/h3,5-8,13-15H,4,9-12,16H2,1-2H3,(H,28,33)(H,29,34). The molecule has 192 valence electrons. The van der Waals surface area contributed by atoms with E-state index in [9.17, 15) is 14.4 Å². The molecule has 11 nitrogen and oxygen atoms in total. The maximum atomic E-state index is 13.4. The van der Waals surface area contributed by atoms with Gasteiger partial charge in [0.05, 0.1) is 37.0 Å². The number of aryl methyl sites for hydroxylation is 1. The number of carbonyl (C=O) groups excluding carboxylic acids is 3. The van der Waals surface area contributed by atoms with Crippen LogP contribution in [0.5, 0.6) is 11.5 Å². The Morgan fingerprint density at radius 2 is 2.00 bits per heavy atom. The number of aromatic nitrogens is 3. The highest BCUT2D eigenvalue weighted by Gasteiger charge is 2.22. The zero-order valence-electron chi connectivity index (χ0n) is 20.7. The van der Waals surface area contributed by atoms with Crippen molar-refractivity contribution in [1.82, 2.24) is 30.5 Å². The zero-order valence-corrected chi connectivity index (χ0v) is 20.7. The number of carbonyl (C=O) groups is 3. The zero-order chi connectivity index (χ0) is 26.2. The Morgan fingerprint density at radius 1 is 1.14 bits per heavy atom. The van der Waals surface area contributed by atoms with Crippen LogP contribution in [0.15, 0.2) is 48.9 Å². The van der Waals surface area contributed by atoms with Crippen molar-refractivity contribution in [2.24, 2.45) is 0 Å². The maximum absolute atomic E-state index is 13.4. The molecule has 3 heterocycles. The quantitative estimate of drug-likeness (QED) is 0.549. The van der Waals surface area contributed by atoms with Crippen molar-refractivity contribution in [3.05, 3.63) is 65.7 Å². The van der Waals surface area contributed by atoms with E-state index in [4.69, 9.17) is 9.47 Å². The number of rotatable bonds is 3. The van der Waals surface area contributed by atoms with Gasteiger partial charge in [0, 0.05) is 43.3 Å². The van der Waals surface area contributed by atoms with Crippen molar-refractivity contribution < 1.29 is 23.9 Å². The van der Waals surface area contributed by atoms with Crippen LogP contribution in [0.3, 0.4) is 0 Å². The van der Waals surface area contributed by atoms with Gasteiger partial charge in [-0.3, -0.25) is 19.4 Å². The van der Waals surface area contributed by atoms with E-state index in [1.165, 1.54) is 18.2 Å². The number of benzene rings is 1. The third-order valence-electron chi connectivity index (χ3n) is 5.76. The number of ether oxygens (including phenoxy) is 2. The second-order valence-electron chi connectivity index (χ2n) is 8.33. The minimum absolute atomic E-state index is 0.135. The van der Waals surface area contributed by atoms with Crippen molar-refractivity contribution in [3.8, 4) is 22.9 Å². The molecular formula is C26H28N6O5. The SMILES string of the molecule is COc1ccc2c(c1)OCCNC(=O)CN(C(=O)c1cnc(-c3cccnc3)nc1C)CCCNC2=O. The van der Waals surface area contributed by atoms with Crippen molar-refractivity contribution in [1.29, 1.82) is 0 Å². The number of fused-ring (bicyclic) bond motifs is 1. The molecule has 0 spiro atoms. The highest BCUT2D eigenvalue weighted by atomic mass is 16.5. The molecule has 3 aromatic rings. The van der Waals surface area contributed by atoms with Crippen molar-refractivity contribution in [3.63, 3.8) is 0 Å². The van der Waals surface area contributed by atoms with Gasteiger partial charge in [-0.05, 0) is 37.6 Å². The van der Waals surface area contributed by atoms with Crippen LogP contribution >= 0.6 is 0 Å². The van der Waals surface area contributed by atoms with Crippen molar-refractivity contribution in [2.45, 2.75) is 13.3 Å². The third-order valence-corrected chi connectivity index (χ3v) is 5.76. The topological polar surface area (TPSA) is 136 Å². The summed E-state index contributed by atoms with van der Waals surface area (Å²) in [6.45, 7) is 2.45. The minimum Gasteiger partial charge on any atom is -0.497 e. The summed E-state index contributed by atoms with van der Waals surface area (Å²) in [5.41, 5.74) is 1.89. The number of nitrogens with zero attached hydrogens (tertiary/aromatic N) is 4. The lowest BCUT2D eigenvalue weighted by Crippen LogP contribution is -2.43. The molecule has 0 aliphatic carbocycles. The van der Waals surface area contributed by atoms with Gasteiger partial charge in [0.25, 0.3) is 11.8 Å². The van der Waals surface area contributed by atoms with Crippen LogP contribution in [-0.2, 0) is 4.79 Å². The highest BCUT2D eigenvalue weighted by Crippen LogP contribution is 2.25. The Hall–Kier alpha value is -4.54. The summed E-state index contributed by atoms with van der Waals surface area (Å²) in [7, 11) is 1.53. The molecular weight excluding hydrogens is 476 g/mol. The fraction of sp³-hybridized carbons (Fsp3) is 0.308. The van der Waals surface area contributed by atoms with Crippen molar-refractivity contribution in [2.75, 3.05) is 39.9 Å². The molecule has 11 heteroatoms. The van der Waals surface area contributed by atoms with E-state index in [1.54, 1.807) is 43.6 Å². The summed E-state index contributed by atoms with van der Waals surface area (Å²) in [6, 6.07) is 8.55. The number of methoxy groups -OCH3 is 1. The molecule has 1 aliphatic heterocycles. The predicted octanol–water partition coefficient (Wildman–Crippen LogP) is 1.63. The van der Waals surface area contributed by atoms with Crippen LogP contribution < -0.4 is 20.1 Å². The van der Waals surface area contributed by atoms with Crippen LogP contribution in [0.4, 0.5) is 0 Å². The second-order valence-corrected chi connectivity index (χ2v) is 8.33. The predicted molar refractivity (Wildman–Crippen MR) is 134 cm³/mol. The first kappa shape index (κ1) is 25.5. The molecule has 37 heavy (non-hydrogen) atoms. The van der Waals surface area contributed by atoms with Crippen LogP contribution in [0.2, 0.25) is 0 Å². The monoisotopic (exact) mass is 504 g/mol. The maximum Gasteiger partial charge on any atom is 0.257 e. The average Bonchev–Trinajstić information content (AvgIpc) is 2.92. The van der Waals surface area contributed by atoms with E-state index in [2.05, 4.69) is 25.6 Å².